The Morgan fingerprint density at radius 3 is 2.56 bits per heavy atom. The molecule has 0 unspecified atom stereocenters. The Labute approximate surface area is 104 Å². The van der Waals surface area contributed by atoms with Crippen LogP contribution in [0.15, 0.2) is 34.7 Å². The minimum absolute atomic E-state index is 0.110. The van der Waals surface area contributed by atoms with Gasteiger partial charge >= 0.3 is 0 Å². The molecule has 5 nitrogen and oxygen atoms in total. The van der Waals surface area contributed by atoms with Gasteiger partial charge in [-0.1, -0.05) is 0 Å². The van der Waals surface area contributed by atoms with Crippen LogP contribution < -0.4 is 11.1 Å². The predicted octanol–water partition coefficient (Wildman–Crippen LogP) is 2.36. The first kappa shape index (κ1) is 11.7. The highest BCUT2D eigenvalue weighted by Gasteiger charge is 2.09. The molecule has 1 amide bonds. The number of nitrogens with two attached hydrogens (primary N) is 1. The quantitative estimate of drug-likeness (QED) is 0.844. The van der Waals surface area contributed by atoms with Crippen LogP contribution in [0.4, 0.5) is 11.6 Å². The Balaban J connectivity index is 2.29. The molecule has 2 aromatic rings. The van der Waals surface area contributed by atoms with Gasteiger partial charge in [-0.05, 0) is 24.3 Å². The number of rotatable bonds is 2. The van der Waals surface area contributed by atoms with E-state index in [0.717, 1.165) is 5.56 Å². The zero-order valence-electron chi connectivity index (χ0n) is 9.73. The Hall–Kier alpha value is -2.74. The summed E-state index contributed by atoms with van der Waals surface area (Å²) >= 11 is 0. The molecule has 1 aromatic heterocycles. The van der Waals surface area contributed by atoms with Gasteiger partial charge < -0.3 is 15.5 Å². The largest absolute Gasteiger partial charge is 0.440 e. The van der Waals surface area contributed by atoms with E-state index in [4.69, 9.17) is 15.4 Å². The number of anilines is 2. The van der Waals surface area contributed by atoms with E-state index in [1.165, 1.54) is 6.92 Å². The highest BCUT2D eigenvalue weighted by atomic mass is 16.4. The van der Waals surface area contributed by atoms with Crippen LogP contribution in [-0.4, -0.2) is 5.91 Å². The molecule has 1 heterocycles. The summed E-state index contributed by atoms with van der Waals surface area (Å²) in [6.45, 7) is 1.44. The Bertz CT molecular complexity index is 621. The Morgan fingerprint density at radius 1 is 1.39 bits per heavy atom. The van der Waals surface area contributed by atoms with Crippen LogP contribution in [0.3, 0.4) is 0 Å². The molecule has 3 N–H and O–H groups in total. The van der Waals surface area contributed by atoms with Crippen molar-refractivity contribution in [2.24, 2.45) is 0 Å². The fourth-order valence-corrected chi connectivity index (χ4v) is 1.56. The second-order valence-electron chi connectivity index (χ2n) is 3.76. The zero-order chi connectivity index (χ0) is 13.1. The second kappa shape index (κ2) is 4.63. The maximum Gasteiger partial charge on any atom is 0.221 e. The van der Waals surface area contributed by atoms with Crippen molar-refractivity contribution in [3.63, 3.8) is 0 Å². The molecule has 0 radical (unpaired) electrons. The van der Waals surface area contributed by atoms with Gasteiger partial charge in [-0.2, -0.15) is 5.26 Å². The molecule has 2 rings (SSSR count). The third-order valence-corrected chi connectivity index (χ3v) is 2.37. The number of hydrogen-bond acceptors (Lipinski definition) is 4. The van der Waals surface area contributed by atoms with Gasteiger partial charge in [-0.15, -0.1) is 0 Å². The summed E-state index contributed by atoms with van der Waals surface area (Å²) in [6, 6.07) is 10.6. The summed E-state index contributed by atoms with van der Waals surface area (Å²) in [5, 5.41) is 11.4. The molecule has 18 heavy (non-hydrogen) atoms. The summed E-state index contributed by atoms with van der Waals surface area (Å²) < 4.78 is 5.28. The van der Waals surface area contributed by atoms with Crippen molar-refractivity contribution in [1.29, 1.82) is 5.26 Å². The molecular weight excluding hydrogens is 230 g/mol. The number of nitrogens with one attached hydrogen (secondary N) is 1. The average molecular weight is 241 g/mol. The minimum Gasteiger partial charge on any atom is -0.440 e. The van der Waals surface area contributed by atoms with Crippen molar-refractivity contribution in [3.8, 4) is 17.4 Å². The van der Waals surface area contributed by atoms with E-state index in [9.17, 15) is 4.79 Å². The first-order valence-electron chi connectivity index (χ1n) is 5.27. The molecule has 0 saturated heterocycles. The highest BCUT2D eigenvalue weighted by molar-refractivity contribution is 5.88. The molecule has 0 aliphatic rings. The lowest BCUT2D eigenvalue weighted by molar-refractivity contribution is -0.114. The lowest BCUT2D eigenvalue weighted by Gasteiger charge is -2.02. The summed E-state index contributed by atoms with van der Waals surface area (Å²) in [5.74, 6) is 0.508. The van der Waals surface area contributed by atoms with Gasteiger partial charge in [0.15, 0.2) is 0 Å². The van der Waals surface area contributed by atoms with E-state index in [-0.39, 0.29) is 11.8 Å². The van der Waals surface area contributed by atoms with Crippen LogP contribution in [0.25, 0.3) is 11.3 Å². The molecule has 0 aliphatic carbocycles. The third-order valence-electron chi connectivity index (χ3n) is 2.37. The topological polar surface area (TPSA) is 92.0 Å². The van der Waals surface area contributed by atoms with Crippen LogP contribution in [0.5, 0.6) is 0 Å². The molecule has 90 valence electrons. The van der Waals surface area contributed by atoms with Gasteiger partial charge in [0.1, 0.15) is 17.4 Å². The smallest absolute Gasteiger partial charge is 0.221 e. The molecule has 5 heteroatoms. The van der Waals surface area contributed by atoms with Crippen LogP contribution in [0, 0.1) is 11.3 Å². The molecular formula is C13H11N3O2. The molecule has 0 aliphatic heterocycles. The van der Waals surface area contributed by atoms with Crippen molar-refractivity contribution < 1.29 is 9.21 Å². The van der Waals surface area contributed by atoms with Crippen molar-refractivity contribution in [1.82, 2.24) is 0 Å². The molecule has 0 fully saturated rings. The molecule has 0 spiro atoms. The molecule has 0 bridgehead atoms. The minimum atomic E-state index is -0.128. The molecule has 0 atom stereocenters. The highest BCUT2D eigenvalue weighted by Crippen LogP contribution is 2.27. The van der Waals surface area contributed by atoms with E-state index < -0.39 is 0 Å². The van der Waals surface area contributed by atoms with E-state index in [1.54, 1.807) is 30.3 Å². The predicted molar refractivity (Wildman–Crippen MR) is 67.6 cm³/mol. The molecule has 0 saturated carbocycles. The number of nitriles is 1. The summed E-state index contributed by atoms with van der Waals surface area (Å²) in [6.07, 6.45) is 0. The van der Waals surface area contributed by atoms with Crippen LogP contribution >= 0.6 is 0 Å². The standard InChI is InChI=1S/C13H11N3O2/c1-8(17)16-11-4-2-9(3-5-11)12-6-10(7-14)13(15)18-12/h2-6H,15H2,1H3,(H,16,17). The summed E-state index contributed by atoms with van der Waals surface area (Å²) in [7, 11) is 0. The van der Waals surface area contributed by atoms with Crippen molar-refractivity contribution in [2.75, 3.05) is 11.1 Å². The van der Waals surface area contributed by atoms with E-state index in [1.807, 2.05) is 6.07 Å². The number of hydrogen-bond donors (Lipinski definition) is 2. The van der Waals surface area contributed by atoms with Gasteiger partial charge in [0.25, 0.3) is 0 Å². The second-order valence-corrected chi connectivity index (χ2v) is 3.76. The number of carbonyl (C=O) groups excluding carboxylic acids is 1. The fraction of sp³-hybridized carbons (Fsp3) is 0.0769. The monoisotopic (exact) mass is 241 g/mol. The maximum atomic E-state index is 10.9. The Kier molecular flexibility index (Phi) is 3.02. The zero-order valence-corrected chi connectivity index (χ0v) is 9.73. The first-order chi connectivity index (χ1) is 8.60. The van der Waals surface area contributed by atoms with E-state index >= 15 is 0 Å². The number of nitrogen functional groups attached to an aromatic ring is 1. The Morgan fingerprint density at radius 2 is 2.06 bits per heavy atom. The lowest BCUT2D eigenvalue weighted by Crippen LogP contribution is -2.05. The van der Waals surface area contributed by atoms with Gasteiger partial charge in [0.2, 0.25) is 11.8 Å². The van der Waals surface area contributed by atoms with Crippen molar-refractivity contribution in [2.45, 2.75) is 6.92 Å². The molecule has 1 aromatic carbocycles. The van der Waals surface area contributed by atoms with Gasteiger partial charge in [-0.3, -0.25) is 4.79 Å². The average Bonchev–Trinajstić information content (AvgIpc) is 2.71. The summed E-state index contributed by atoms with van der Waals surface area (Å²) in [4.78, 5) is 10.9. The maximum absolute atomic E-state index is 10.9. The van der Waals surface area contributed by atoms with Crippen LogP contribution in [0.1, 0.15) is 12.5 Å². The van der Waals surface area contributed by atoms with Gasteiger partial charge in [0.05, 0.1) is 0 Å². The number of benzene rings is 1. The number of nitrogens with zero attached hydrogens (tertiary/aromatic N) is 1. The normalized spacial score (nSPS) is 9.78. The van der Waals surface area contributed by atoms with Gasteiger partial charge in [-0.25, -0.2) is 0 Å². The van der Waals surface area contributed by atoms with Crippen molar-refractivity contribution in [3.05, 3.63) is 35.9 Å². The number of carbonyl (C=O) groups is 1. The van der Waals surface area contributed by atoms with Crippen LogP contribution in [-0.2, 0) is 4.79 Å². The lowest BCUT2D eigenvalue weighted by atomic mass is 10.1. The first-order valence-corrected chi connectivity index (χ1v) is 5.27. The fourth-order valence-electron chi connectivity index (χ4n) is 1.56. The number of amides is 1. The van der Waals surface area contributed by atoms with Crippen molar-refractivity contribution >= 4 is 17.5 Å². The van der Waals surface area contributed by atoms with Crippen LogP contribution in [0.2, 0.25) is 0 Å². The van der Waals surface area contributed by atoms with E-state index in [2.05, 4.69) is 5.32 Å². The SMILES string of the molecule is CC(=O)Nc1ccc(-c2cc(C#N)c(N)o2)cc1. The number of furan rings is 1. The van der Waals surface area contributed by atoms with Gasteiger partial charge in [0, 0.05) is 24.2 Å². The van der Waals surface area contributed by atoms with E-state index in [0.29, 0.717) is 17.0 Å². The summed E-state index contributed by atoms with van der Waals surface area (Å²) in [5.41, 5.74) is 7.34. The third kappa shape index (κ3) is 2.33.